The highest BCUT2D eigenvalue weighted by Gasteiger charge is 2.23. The number of anilines is 2. The van der Waals surface area contributed by atoms with Crippen LogP contribution in [0.1, 0.15) is 0 Å². The Morgan fingerprint density at radius 1 is 0.893 bits per heavy atom. The van der Waals surface area contributed by atoms with Gasteiger partial charge in [-0.3, -0.25) is 4.98 Å². The Bertz CT molecular complexity index is 1430. The normalized spacial score (nSPS) is 12.5. The summed E-state index contributed by atoms with van der Waals surface area (Å²) in [4.78, 5) is 8.58. The maximum atomic E-state index is 12.7. The average molecular weight is 434 g/mol. The van der Waals surface area contributed by atoms with Crippen molar-refractivity contribution in [1.29, 1.82) is 0 Å². The van der Waals surface area contributed by atoms with Crippen LogP contribution in [0.3, 0.4) is 0 Å². The van der Waals surface area contributed by atoms with E-state index in [1.54, 1.807) is 29.8 Å². The third-order valence-electron chi connectivity index (χ3n) is 4.22. The van der Waals surface area contributed by atoms with E-state index in [9.17, 15) is 16.8 Å². The molecule has 0 aliphatic carbocycles. The van der Waals surface area contributed by atoms with Gasteiger partial charge in [-0.2, -0.15) is 0 Å². The minimum Gasteiger partial charge on any atom is -0.256 e. The van der Waals surface area contributed by atoms with Crippen molar-refractivity contribution in [3.8, 4) is 0 Å². The van der Waals surface area contributed by atoms with E-state index in [4.69, 9.17) is 0 Å². The van der Waals surface area contributed by atoms with Crippen LogP contribution in [0.5, 0.6) is 0 Å². The second-order valence-corrected chi connectivity index (χ2v) is 11.0. The molecule has 0 atom stereocenters. The molecule has 28 heavy (non-hydrogen) atoms. The average Bonchev–Trinajstić information content (AvgIpc) is 3.07. The Balaban J connectivity index is 2.03. The molecule has 7 nitrogen and oxygen atoms in total. The van der Waals surface area contributed by atoms with Gasteiger partial charge in [0.05, 0.1) is 43.8 Å². The summed E-state index contributed by atoms with van der Waals surface area (Å²) in [5, 5.41) is 0.425. The highest BCUT2D eigenvalue weighted by molar-refractivity contribution is 7.92. The van der Waals surface area contributed by atoms with Crippen molar-refractivity contribution < 1.29 is 16.8 Å². The summed E-state index contributed by atoms with van der Waals surface area (Å²) in [5.74, 6) is 0. The van der Waals surface area contributed by atoms with Crippen molar-refractivity contribution in [2.45, 2.75) is 4.90 Å². The Kier molecular flexibility index (Phi) is 4.36. The van der Waals surface area contributed by atoms with Crippen LogP contribution in [0.2, 0.25) is 0 Å². The monoisotopic (exact) mass is 433 g/mol. The molecular formula is C18H15N3O4S3. The Labute approximate surface area is 166 Å². The number of sulfone groups is 1. The fourth-order valence-electron chi connectivity index (χ4n) is 3.00. The molecule has 0 spiro atoms. The van der Waals surface area contributed by atoms with Gasteiger partial charge < -0.3 is 0 Å². The van der Waals surface area contributed by atoms with E-state index in [1.165, 1.54) is 34.0 Å². The molecule has 0 saturated heterocycles. The molecule has 144 valence electrons. The number of hydrogen-bond donors (Lipinski definition) is 0. The van der Waals surface area contributed by atoms with Crippen LogP contribution in [-0.4, -0.2) is 39.3 Å². The Morgan fingerprint density at radius 3 is 2.39 bits per heavy atom. The van der Waals surface area contributed by atoms with Crippen molar-refractivity contribution in [1.82, 2.24) is 9.97 Å². The van der Waals surface area contributed by atoms with Crippen molar-refractivity contribution in [2.75, 3.05) is 16.8 Å². The van der Waals surface area contributed by atoms with E-state index >= 15 is 0 Å². The number of pyridine rings is 1. The van der Waals surface area contributed by atoms with Crippen LogP contribution in [0, 0.1) is 0 Å². The Morgan fingerprint density at radius 2 is 1.68 bits per heavy atom. The van der Waals surface area contributed by atoms with Gasteiger partial charge in [-0.25, -0.2) is 26.1 Å². The SMILES string of the molecule is CS(=O)(=O)c1ccc2nccc(N(c3ccc4scnc4c3)S(C)(=O)=O)c2c1. The molecule has 2 aromatic carbocycles. The smallest absolute Gasteiger partial charge is 0.236 e. The molecule has 2 heterocycles. The summed E-state index contributed by atoms with van der Waals surface area (Å²) in [6.45, 7) is 0. The predicted molar refractivity (Wildman–Crippen MR) is 111 cm³/mol. The van der Waals surface area contributed by atoms with Gasteiger partial charge in [0.2, 0.25) is 10.0 Å². The summed E-state index contributed by atoms with van der Waals surface area (Å²) in [7, 11) is -7.19. The second kappa shape index (κ2) is 6.50. The zero-order chi connectivity index (χ0) is 20.1. The zero-order valence-electron chi connectivity index (χ0n) is 14.9. The molecular weight excluding hydrogens is 418 g/mol. The number of thiazole rings is 1. The van der Waals surface area contributed by atoms with E-state index < -0.39 is 19.9 Å². The lowest BCUT2D eigenvalue weighted by Gasteiger charge is -2.24. The number of hydrogen-bond acceptors (Lipinski definition) is 7. The van der Waals surface area contributed by atoms with Crippen LogP contribution in [0.25, 0.3) is 21.1 Å². The summed E-state index contributed by atoms with van der Waals surface area (Å²) in [6, 6.07) is 11.2. The van der Waals surface area contributed by atoms with Gasteiger partial charge in [0.15, 0.2) is 9.84 Å². The van der Waals surface area contributed by atoms with Crippen molar-refractivity contribution >= 4 is 63.7 Å². The maximum absolute atomic E-state index is 12.7. The molecule has 0 N–H and O–H groups in total. The molecule has 0 aliphatic heterocycles. The first kappa shape index (κ1) is 18.8. The van der Waals surface area contributed by atoms with Crippen LogP contribution in [0.15, 0.2) is 59.1 Å². The number of benzene rings is 2. The van der Waals surface area contributed by atoms with Crippen LogP contribution < -0.4 is 4.31 Å². The molecule has 0 fully saturated rings. The number of aromatic nitrogens is 2. The third-order valence-corrected chi connectivity index (χ3v) is 7.21. The molecule has 0 saturated carbocycles. The number of nitrogens with zero attached hydrogens (tertiary/aromatic N) is 3. The van der Waals surface area contributed by atoms with Crippen LogP contribution in [-0.2, 0) is 19.9 Å². The van der Waals surface area contributed by atoms with E-state index in [2.05, 4.69) is 9.97 Å². The van der Waals surface area contributed by atoms with Gasteiger partial charge >= 0.3 is 0 Å². The quantitative estimate of drug-likeness (QED) is 0.490. The molecule has 0 amide bonds. The standard InChI is InChI=1S/C18H15N3O4S3/c1-27(22,23)13-4-5-15-14(10-13)17(7-8-19-15)21(28(2,24)25)12-3-6-18-16(9-12)20-11-26-18/h3-11H,1-2H3. The van der Waals surface area contributed by atoms with Crippen LogP contribution >= 0.6 is 11.3 Å². The van der Waals surface area contributed by atoms with Crippen LogP contribution in [0.4, 0.5) is 11.4 Å². The minimum atomic E-state index is -3.73. The third kappa shape index (κ3) is 3.34. The minimum absolute atomic E-state index is 0.0951. The molecule has 0 unspecified atom stereocenters. The first-order valence-corrected chi connectivity index (χ1v) is 12.7. The lowest BCUT2D eigenvalue weighted by Crippen LogP contribution is -2.25. The molecule has 0 bridgehead atoms. The number of fused-ring (bicyclic) bond motifs is 2. The topological polar surface area (TPSA) is 97.3 Å². The molecule has 2 aromatic heterocycles. The molecule has 0 aliphatic rings. The summed E-state index contributed by atoms with van der Waals surface area (Å²) in [6.07, 6.45) is 3.71. The fourth-order valence-corrected chi connectivity index (χ4v) is 5.32. The predicted octanol–water partition coefficient (Wildman–Crippen LogP) is 3.35. The van der Waals surface area contributed by atoms with E-state index in [1.807, 2.05) is 6.07 Å². The highest BCUT2D eigenvalue weighted by Crippen LogP contribution is 2.36. The fraction of sp³-hybridized carbons (Fsp3) is 0.111. The highest BCUT2D eigenvalue weighted by atomic mass is 32.2. The van der Waals surface area contributed by atoms with Crippen molar-refractivity contribution in [2.24, 2.45) is 0 Å². The molecule has 10 heteroatoms. The molecule has 4 aromatic rings. The number of rotatable bonds is 4. The first-order valence-electron chi connectivity index (χ1n) is 8.07. The van der Waals surface area contributed by atoms with Gasteiger partial charge in [0, 0.05) is 17.8 Å². The van der Waals surface area contributed by atoms with Gasteiger partial charge in [0.25, 0.3) is 0 Å². The lowest BCUT2D eigenvalue weighted by molar-refractivity contribution is 0.600. The first-order chi connectivity index (χ1) is 13.1. The molecule has 0 radical (unpaired) electrons. The van der Waals surface area contributed by atoms with Crippen molar-refractivity contribution in [3.05, 3.63) is 54.2 Å². The van der Waals surface area contributed by atoms with Gasteiger partial charge in [0.1, 0.15) is 0 Å². The summed E-state index contributed by atoms with van der Waals surface area (Å²) < 4.78 is 51.5. The zero-order valence-corrected chi connectivity index (χ0v) is 17.3. The summed E-state index contributed by atoms with van der Waals surface area (Å²) >= 11 is 1.46. The van der Waals surface area contributed by atoms with Gasteiger partial charge in [-0.15, -0.1) is 11.3 Å². The number of sulfonamides is 1. The largest absolute Gasteiger partial charge is 0.256 e. The lowest BCUT2D eigenvalue weighted by atomic mass is 10.1. The van der Waals surface area contributed by atoms with Crippen molar-refractivity contribution in [3.63, 3.8) is 0 Å². The van der Waals surface area contributed by atoms with E-state index in [-0.39, 0.29) is 4.90 Å². The second-order valence-electron chi connectivity index (χ2n) is 6.31. The summed E-state index contributed by atoms with van der Waals surface area (Å²) in [5.41, 5.74) is 3.62. The Hall–Kier alpha value is -2.56. The van der Waals surface area contributed by atoms with Gasteiger partial charge in [-0.05, 0) is 42.5 Å². The van der Waals surface area contributed by atoms with Gasteiger partial charge in [-0.1, -0.05) is 0 Å². The molecule has 4 rings (SSSR count). The maximum Gasteiger partial charge on any atom is 0.236 e. The van der Waals surface area contributed by atoms with E-state index in [0.717, 1.165) is 17.2 Å². The van der Waals surface area contributed by atoms with E-state index in [0.29, 0.717) is 27.8 Å².